The summed E-state index contributed by atoms with van der Waals surface area (Å²) in [4.78, 5) is 0. The molecule has 0 aromatic heterocycles. The van der Waals surface area contributed by atoms with E-state index < -0.39 is 0 Å². The Labute approximate surface area is 107 Å². The van der Waals surface area contributed by atoms with Gasteiger partial charge in [0.2, 0.25) is 0 Å². The van der Waals surface area contributed by atoms with Crippen molar-refractivity contribution in [3.63, 3.8) is 0 Å². The van der Waals surface area contributed by atoms with Crippen molar-refractivity contribution < 1.29 is 4.74 Å². The molecule has 2 nitrogen and oxygen atoms in total. The third kappa shape index (κ3) is 2.04. The number of hydrogen-bond donors (Lipinski definition) is 1. The van der Waals surface area contributed by atoms with Crippen molar-refractivity contribution in [2.24, 2.45) is 16.7 Å². The average Bonchev–Trinajstić information content (AvgIpc) is 2.59. The highest BCUT2D eigenvalue weighted by Crippen LogP contribution is 2.65. The Morgan fingerprint density at radius 1 is 1.35 bits per heavy atom. The van der Waals surface area contributed by atoms with E-state index in [9.17, 15) is 0 Å². The molecule has 2 fully saturated rings. The van der Waals surface area contributed by atoms with E-state index in [0.29, 0.717) is 22.9 Å². The smallest absolute Gasteiger partial charge is 0.0476 e. The molecule has 4 unspecified atom stereocenters. The maximum Gasteiger partial charge on any atom is 0.0476 e. The van der Waals surface area contributed by atoms with E-state index in [1.807, 2.05) is 0 Å². The first-order valence-electron chi connectivity index (χ1n) is 7.17. The molecule has 0 radical (unpaired) electrons. The second-order valence-electron chi connectivity index (χ2n) is 7.01. The molecule has 2 rings (SSSR count). The normalized spacial score (nSPS) is 40.8. The van der Waals surface area contributed by atoms with Crippen molar-refractivity contribution >= 4 is 0 Å². The van der Waals surface area contributed by atoms with E-state index in [1.54, 1.807) is 7.11 Å². The van der Waals surface area contributed by atoms with Crippen LogP contribution in [-0.4, -0.2) is 25.8 Å². The van der Waals surface area contributed by atoms with Crippen molar-refractivity contribution in [3.8, 4) is 0 Å². The number of rotatable bonds is 5. The molecule has 0 saturated heterocycles. The molecule has 0 aromatic carbocycles. The number of ether oxygens (including phenoxy) is 1. The molecule has 0 aliphatic heterocycles. The Morgan fingerprint density at radius 3 is 2.53 bits per heavy atom. The Bertz CT molecular complexity index is 276. The molecular formula is C15H29NO. The third-order valence-corrected chi connectivity index (χ3v) is 6.03. The molecule has 17 heavy (non-hydrogen) atoms. The summed E-state index contributed by atoms with van der Waals surface area (Å²) in [5.74, 6) is 0.930. The molecule has 0 amide bonds. The van der Waals surface area contributed by atoms with Gasteiger partial charge >= 0.3 is 0 Å². The van der Waals surface area contributed by atoms with Gasteiger partial charge in [0.25, 0.3) is 0 Å². The minimum Gasteiger partial charge on any atom is -0.385 e. The summed E-state index contributed by atoms with van der Waals surface area (Å²) in [5.41, 5.74) is 1.02. The lowest BCUT2D eigenvalue weighted by atomic mass is 9.69. The molecule has 4 atom stereocenters. The van der Waals surface area contributed by atoms with Crippen LogP contribution in [-0.2, 0) is 4.74 Å². The monoisotopic (exact) mass is 239 g/mol. The number of nitrogens with one attached hydrogen (secondary N) is 1. The zero-order chi connectivity index (χ0) is 12.7. The highest BCUT2D eigenvalue weighted by molar-refractivity contribution is 5.13. The van der Waals surface area contributed by atoms with Crippen LogP contribution >= 0.6 is 0 Å². The molecule has 2 aliphatic carbocycles. The minimum atomic E-state index is 0.499. The van der Waals surface area contributed by atoms with Gasteiger partial charge in [-0.25, -0.2) is 0 Å². The van der Waals surface area contributed by atoms with E-state index in [0.717, 1.165) is 18.9 Å². The average molecular weight is 239 g/mol. The van der Waals surface area contributed by atoms with Gasteiger partial charge < -0.3 is 10.1 Å². The molecule has 100 valence electrons. The van der Waals surface area contributed by atoms with Crippen molar-refractivity contribution in [2.75, 3.05) is 13.7 Å². The van der Waals surface area contributed by atoms with Gasteiger partial charge in [-0.3, -0.25) is 0 Å². The lowest BCUT2D eigenvalue weighted by molar-refractivity contribution is 0.111. The van der Waals surface area contributed by atoms with Gasteiger partial charge in [-0.2, -0.15) is 0 Å². The molecule has 0 spiro atoms. The van der Waals surface area contributed by atoms with Crippen LogP contribution in [0.15, 0.2) is 0 Å². The summed E-state index contributed by atoms with van der Waals surface area (Å²) < 4.78 is 5.16. The Morgan fingerprint density at radius 2 is 2.06 bits per heavy atom. The fourth-order valence-electron chi connectivity index (χ4n) is 4.18. The summed E-state index contributed by atoms with van der Waals surface area (Å²) in [6.07, 6.45) is 5.34. The summed E-state index contributed by atoms with van der Waals surface area (Å²) in [6.45, 7) is 10.6. The number of hydrogen-bond acceptors (Lipinski definition) is 2. The highest BCUT2D eigenvalue weighted by atomic mass is 16.5. The summed E-state index contributed by atoms with van der Waals surface area (Å²) in [7, 11) is 1.79. The van der Waals surface area contributed by atoms with Crippen molar-refractivity contribution in [3.05, 3.63) is 0 Å². The lowest BCUT2D eigenvalue weighted by Crippen LogP contribution is -2.47. The standard InChI is InChI=1S/C15H29NO/c1-11(7-9-17-5)16-13-10-12-6-8-15(13,4)14(12,2)3/h11-13,16H,6-10H2,1-5H3. The fourth-order valence-corrected chi connectivity index (χ4v) is 4.18. The molecule has 2 bridgehead atoms. The van der Waals surface area contributed by atoms with Crippen LogP contribution in [0.1, 0.15) is 53.4 Å². The zero-order valence-electron chi connectivity index (χ0n) is 12.2. The van der Waals surface area contributed by atoms with Crippen molar-refractivity contribution in [1.29, 1.82) is 0 Å². The van der Waals surface area contributed by atoms with Gasteiger partial charge in [-0.05, 0) is 49.4 Å². The Kier molecular flexibility index (Phi) is 3.57. The van der Waals surface area contributed by atoms with Gasteiger partial charge in [0.05, 0.1) is 0 Å². The zero-order valence-corrected chi connectivity index (χ0v) is 12.2. The van der Waals surface area contributed by atoms with E-state index in [4.69, 9.17) is 4.74 Å². The summed E-state index contributed by atoms with van der Waals surface area (Å²) >= 11 is 0. The molecule has 2 heteroatoms. The largest absolute Gasteiger partial charge is 0.385 e. The van der Waals surface area contributed by atoms with E-state index >= 15 is 0 Å². The highest BCUT2D eigenvalue weighted by Gasteiger charge is 2.61. The summed E-state index contributed by atoms with van der Waals surface area (Å²) in [6, 6.07) is 1.29. The van der Waals surface area contributed by atoms with E-state index in [1.165, 1.54) is 19.3 Å². The maximum absolute atomic E-state index is 5.16. The second kappa shape index (κ2) is 4.55. The van der Waals surface area contributed by atoms with E-state index in [2.05, 4.69) is 33.0 Å². The van der Waals surface area contributed by atoms with E-state index in [-0.39, 0.29) is 0 Å². The van der Waals surface area contributed by atoms with Gasteiger partial charge in [-0.15, -0.1) is 0 Å². The predicted octanol–water partition coefficient (Wildman–Crippen LogP) is 3.22. The molecule has 2 saturated carbocycles. The third-order valence-electron chi connectivity index (χ3n) is 6.03. The lowest BCUT2D eigenvalue weighted by Gasteiger charge is -2.40. The van der Waals surface area contributed by atoms with Gasteiger partial charge in [-0.1, -0.05) is 20.8 Å². The number of methoxy groups -OCH3 is 1. The number of fused-ring (bicyclic) bond motifs is 2. The van der Waals surface area contributed by atoms with Gasteiger partial charge in [0.15, 0.2) is 0 Å². The van der Waals surface area contributed by atoms with Crippen LogP contribution < -0.4 is 5.32 Å². The first kappa shape index (κ1) is 13.4. The SMILES string of the molecule is COCCC(C)NC1CC2CCC1(C)C2(C)C. The van der Waals surface area contributed by atoms with Gasteiger partial charge in [0, 0.05) is 25.8 Å². The minimum absolute atomic E-state index is 0.499. The molecule has 1 N–H and O–H groups in total. The fraction of sp³-hybridized carbons (Fsp3) is 1.00. The van der Waals surface area contributed by atoms with Crippen LogP contribution in [0.2, 0.25) is 0 Å². The van der Waals surface area contributed by atoms with Crippen LogP contribution in [0.3, 0.4) is 0 Å². The quantitative estimate of drug-likeness (QED) is 0.795. The Balaban J connectivity index is 1.96. The molecule has 0 heterocycles. The summed E-state index contributed by atoms with van der Waals surface area (Å²) in [5, 5.41) is 3.86. The van der Waals surface area contributed by atoms with Crippen molar-refractivity contribution in [2.45, 2.75) is 65.5 Å². The van der Waals surface area contributed by atoms with Crippen molar-refractivity contribution in [1.82, 2.24) is 5.32 Å². The topological polar surface area (TPSA) is 21.3 Å². The Hall–Kier alpha value is -0.0800. The first-order valence-corrected chi connectivity index (χ1v) is 7.17. The van der Waals surface area contributed by atoms with Crippen LogP contribution in [0, 0.1) is 16.7 Å². The predicted molar refractivity (Wildman–Crippen MR) is 72.1 cm³/mol. The van der Waals surface area contributed by atoms with Crippen LogP contribution in [0.4, 0.5) is 0 Å². The second-order valence-corrected chi connectivity index (χ2v) is 7.01. The molecule has 2 aliphatic rings. The van der Waals surface area contributed by atoms with Crippen LogP contribution in [0.5, 0.6) is 0 Å². The van der Waals surface area contributed by atoms with Gasteiger partial charge in [0.1, 0.15) is 0 Å². The molecular weight excluding hydrogens is 210 g/mol. The molecule has 0 aromatic rings. The maximum atomic E-state index is 5.16. The first-order chi connectivity index (χ1) is 7.91. The van der Waals surface area contributed by atoms with Crippen LogP contribution in [0.25, 0.3) is 0 Å².